The Balaban J connectivity index is 1.84. The van der Waals surface area contributed by atoms with Crippen LogP contribution >= 0.6 is 11.8 Å². The molecule has 0 unspecified atom stereocenters. The average molecular weight is 266 g/mol. The lowest BCUT2D eigenvalue weighted by Crippen LogP contribution is -2.56. The van der Waals surface area contributed by atoms with Crippen LogP contribution in [-0.2, 0) is 0 Å². The van der Waals surface area contributed by atoms with Crippen molar-refractivity contribution >= 4 is 11.8 Å². The first-order valence-corrected chi connectivity index (χ1v) is 7.68. The molecular weight excluding hydrogens is 244 g/mol. The van der Waals surface area contributed by atoms with Gasteiger partial charge in [-0.3, -0.25) is 4.98 Å². The summed E-state index contributed by atoms with van der Waals surface area (Å²) in [5.74, 6) is 1.08. The van der Waals surface area contributed by atoms with Crippen LogP contribution in [0.1, 0.15) is 38.3 Å². The molecule has 100 valence electrons. The molecule has 0 spiro atoms. The topological polar surface area (TPSA) is 45.1 Å². The number of pyridine rings is 1. The molecule has 4 heteroatoms. The highest BCUT2D eigenvalue weighted by atomic mass is 32.2. The van der Waals surface area contributed by atoms with Crippen LogP contribution in [-0.4, -0.2) is 33.2 Å². The lowest BCUT2D eigenvalue weighted by molar-refractivity contribution is -0.0249. The molecule has 1 aliphatic rings. The molecular formula is C14H22N2OS. The van der Waals surface area contributed by atoms with E-state index in [0.717, 1.165) is 18.6 Å². The van der Waals surface area contributed by atoms with Gasteiger partial charge in [0.05, 0.1) is 5.60 Å². The summed E-state index contributed by atoms with van der Waals surface area (Å²) < 4.78 is 0. The van der Waals surface area contributed by atoms with E-state index < -0.39 is 5.60 Å². The molecule has 1 aliphatic carbocycles. The van der Waals surface area contributed by atoms with Gasteiger partial charge in [-0.15, -0.1) is 0 Å². The highest BCUT2D eigenvalue weighted by molar-refractivity contribution is 8.00. The highest BCUT2D eigenvalue weighted by Gasteiger charge is 2.44. The zero-order valence-electron chi connectivity index (χ0n) is 11.1. The molecule has 1 saturated carbocycles. The van der Waals surface area contributed by atoms with E-state index in [-0.39, 0.29) is 6.04 Å². The number of thioether (sulfide) groups is 1. The fourth-order valence-electron chi connectivity index (χ4n) is 2.34. The molecule has 3 nitrogen and oxygen atoms in total. The van der Waals surface area contributed by atoms with Gasteiger partial charge < -0.3 is 10.4 Å². The van der Waals surface area contributed by atoms with Gasteiger partial charge >= 0.3 is 0 Å². The van der Waals surface area contributed by atoms with Crippen LogP contribution in [0.5, 0.6) is 0 Å². The van der Waals surface area contributed by atoms with Crippen LogP contribution in [0.2, 0.25) is 0 Å². The number of aliphatic hydroxyl groups is 1. The summed E-state index contributed by atoms with van der Waals surface area (Å²) >= 11 is 1.87. The summed E-state index contributed by atoms with van der Waals surface area (Å²) in [5.41, 5.74) is 0.703. The van der Waals surface area contributed by atoms with Crippen LogP contribution < -0.4 is 5.32 Å². The smallest absolute Gasteiger partial charge is 0.0890 e. The van der Waals surface area contributed by atoms with Crippen molar-refractivity contribution in [3.05, 3.63) is 30.1 Å². The van der Waals surface area contributed by atoms with Gasteiger partial charge in [0.1, 0.15) is 0 Å². The second kappa shape index (κ2) is 6.04. The molecule has 18 heavy (non-hydrogen) atoms. The molecule has 1 aromatic rings. The maximum atomic E-state index is 10.5. The lowest BCUT2D eigenvalue weighted by atomic mass is 9.79. The molecule has 0 aromatic carbocycles. The Bertz CT molecular complexity index is 373. The van der Waals surface area contributed by atoms with Crippen molar-refractivity contribution in [1.82, 2.24) is 10.3 Å². The Hall–Kier alpha value is -0.580. The van der Waals surface area contributed by atoms with Crippen LogP contribution in [0, 0.1) is 0 Å². The van der Waals surface area contributed by atoms with E-state index in [2.05, 4.69) is 24.1 Å². The molecule has 2 rings (SSSR count). The summed E-state index contributed by atoms with van der Waals surface area (Å²) in [5, 5.41) is 14.3. The van der Waals surface area contributed by atoms with Gasteiger partial charge in [0, 0.05) is 30.2 Å². The second-order valence-corrected chi connectivity index (χ2v) is 6.45. The molecule has 1 fully saturated rings. The maximum absolute atomic E-state index is 10.5. The number of nitrogens with one attached hydrogen (secondary N) is 1. The molecule has 0 radical (unpaired) electrons. The minimum absolute atomic E-state index is 0.255. The fraction of sp³-hybridized carbons (Fsp3) is 0.643. The van der Waals surface area contributed by atoms with Crippen LogP contribution in [0.15, 0.2) is 24.5 Å². The van der Waals surface area contributed by atoms with E-state index >= 15 is 0 Å². The normalized spacial score (nSPS) is 28.7. The van der Waals surface area contributed by atoms with Crippen molar-refractivity contribution in [3.63, 3.8) is 0 Å². The van der Waals surface area contributed by atoms with Crippen molar-refractivity contribution in [2.75, 3.05) is 12.3 Å². The predicted molar refractivity (Wildman–Crippen MR) is 76.8 cm³/mol. The van der Waals surface area contributed by atoms with Gasteiger partial charge in [-0.25, -0.2) is 0 Å². The highest BCUT2D eigenvalue weighted by Crippen LogP contribution is 2.40. The van der Waals surface area contributed by atoms with Crippen molar-refractivity contribution in [2.24, 2.45) is 0 Å². The van der Waals surface area contributed by atoms with Crippen LogP contribution in [0.4, 0.5) is 0 Å². The van der Waals surface area contributed by atoms with Gasteiger partial charge in [-0.1, -0.05) is 6.92 Å². The Labute approximate surface area is 113 Å². The van der Waals surface area contributed by atoms with E-state index in [1.54, 1.807) is 12.4 Å². The van der Waals surface area contributed by atoms with E-state index in [1.807, 2.05) is 23.9 Å². The average Bonchev–Trinajstić information content (AvgIpc) is 2.41. The summed E-state index contributed by atoms with van der Waals surface area (Å²) in [6.45, 7) is 4.95. The van der Waals surface area contributed by atoms with Gasteiger partial charge in [0.25, 0.3) is 0 Å². The largest absolute Gasteiger partial charge is 0.387 e. The predicted octanol–water partition coefficient (Wildman–Crippen LogP) is 2.38. The van der Waals surface area contributed by atoms with E-state index in [4.69, 9.17) is 0 Å². The Morgan fingerprint density at radius 3 is 2.83 bits per heavy atom. The zero-order valence-corrected chi connectivity index (χ0v) is 11.9. The van der Waals surface area contributed by atoms with Crippen molar-refractivity contribution in [3.8, 4) is 0 Å². The first kappa shape index (κ1) is 13.8. The third-order valence-electron chi connectivity index (χ3n) is 3.73. The quantitative estimate of drug-likeness (QED) is 0.830. The Kier molecular flexibility index (Phi) is 4.65. The van der Waals surface area contributed by atoms with Crippen LogP contribution in [0.25, 0.3) is 0 Å². The monoisotopic (exact) mass is 266 g/mol. The van der Waals surface area contributed by atoms with Crippen LogP contribution in [0.3, 0.4) is 0 Å². The molecule has 3 atom stereocenters. The summed E-state index contributed by atoms with van der Waals surface area (Å²) in [4.78, 5) is 4.02. The first-order valence-electron chi connectivity index (χ1n) is 6.63. The van der Waals surface area contributed by atoms with E-state index in [9.17, 15) is 5.11 Å². The minimum Gasteiger partial charge on any atom is -0.387 e. The van der Waals surface area contributed by atoms with Gasteiger partial charge in [-0.2, -0.15) is 11.8 Å². The van der Waals surface area contributed by atoms with E-state index in [0.29, 0.717) is 11.8 Å². The standard InChI is InChI=1S/C14H22N2OS/c1-3-18-13-4-7-14(13,17)10-16-11(2)12-5-8-15-9-6-12/h5-6,8-9,11,13,16-17H,3-4,7,10H2,1-2H3/t11-,13+,14+/m0/s1. The third kappa shape index (κ3) is 3.05. The molecule has 2 N–H and O–H groups in total. The zero-order chi connectivity index (χ0) is 13.0. The molecule has 0 amide bonds. The SMILES string of the molecule is CCS[C@@H]1CC[C@@]1(O)CN[C@@H](C)c1ccncc1. The molecule has 1 heterocycles. The lowest BCUT2D eigenvalue weighted by Gasteiger charge is -2.45. The molecule has 0 aliphatic heterocycles. The summed E-state index contributed by atoms with van der Waals surface area (Å²) in [6.07, 6.45) is 5.67. The second-order valence-electron chi connectivity index (χ2n) is 4.97. The number of rotatable bonds is 6. The first-order chi connectivity index (χ1) is 8.65. The number of nitrogens with zero attached hydrogens (tertiary/aromatic N) is 1. The van der Waals surface area contributed by atoms with Gasteiger partial charge in [-0.05, 0) is 43.2 Å². The summed E-state index contributed by atoms with van der Waals surface area (Å²) in [6, 6.07) is 4.28. The number of aromatic nitrogens is 1. The third-order valence-corrected chi connectivity index (χ3v) is 5.14. The molecule has 1 aromatic heterocycles. The fourth-order valence-corrected chi connectivity index (χ4v) is 3.54. The Morgan fingerprint density at radius 2 is 2.28 bits per heavy atom. The summed E-state index contributed by atoms with van der Waals surface area (Å²) in [7, 11) is 0. The maximum Gasteiger partial charge on any atom is 0.0890 e. The minimum atomic E-state index is -0.512. The van der Waals surface area contributed by atoms with Gasteiger partial charge in [0.15, 0.2) is 0 Å². The number of hydrogen-bond acceptors (Lipinski definition) is 4. The number of hydrogen-bond donors (Lipinski definition) is 2. The molecule has 0 saturated heterocycles. The van der Waals surface area contributed by atoms with Crippen molar-refractivity contribution in [1.29, 1.82) is 0 Å². The van der Waals surface area contributed by atoms with Crippen molar-refractivity contribution in [2.45, 2.75) is 43.6 Å². The van der Waals surface area contributed by atoms with Crippen molar-refractivity contribution < 1.29 is 5.11 Å². The van der Waals surface area contributed by atoms with E-state index in [1.165, 1.54) is 5.56 Å². The van der Waals surface area contributed by atoms with Gasteiger partial charge in [0.2, 0.25) is 0 Å². The Morgan fingerprint density at radius 1 is 1.56 bits per heavy atom. The molecule has 0 bridgehead atoms.